The van der Waals surface area contributed by atoms with Crippen LogP contribution in [-0.2, 0) is 14.3 Å². The van der Waals surface area contributed by atoms with Crippen LogP contribution in [0, 0.1) is 25.5 Å². The Morgan fingerprint density at radius 1 is 1.00 bits per heavy atom. The molecule has 2 rings (SSSR count). The fourth-order valence-corrected chi connectivity index (χ4v) is 2.12. The molecule has 0 saturated carbocycles. The minimum atomic E-state index is -1.09. The Kier molecular flexibility index (Phi) is 6.05. The van der Waals surface area contributed by atoms with Crippen LogP contribution in [0.25, 0.3) is 0 Å². The minimum absolute atomic E-state index is 0.0618. The average Bonchev–Trinajstić information content (AvgIpc) is 2.56. The lowest BCUT2D eigenvalue weighted by Crippen LogP contribution is -2.24. The van der Waals surface area contributed by atoms with E-state index in [9.17, 15) is 18.4 Å². The Morgan fingerprint density at radius 3 is 2.32 bits per heavy atom. The van der Waals surface area contributed by atoms with E-state index in [-0.39, 0.29) is 12.3 Å². The maximum Gasteiger partial charge on any atom is 0.344 e. The number of esters is 1. The van der Waals surface area contributed by atoms with Gasteiger partial charge in [0.25, 0.3) is 5.91 Å². The van der Waals surface area contributed by atoms with Crippen LogP contribution in [0.2, 0.25) is 0 Å². The number of rotatable bonds is 6. The van der Waals surface area contributed by atoms with Crippen LogP contribution < -0.4 is 10.1 Å². The van der Waals surface area contributed by atoms with Gasteiger partial charge in [-0.05, 0) is 37.1 Å². The molecule has 1 amide bonds. The average molecular weight is 349 g/mol. The zero-order chi connectivity index (χ0) is 18.4. The normalized spacial score (nSPS) is 10.2. The number of hydrogen-bond donors (Lipinski definition) is 1. The van der Waals surface area contributed by atoms with Crippen molar-refractivity contribution >= 4 is 17.6 Å². The number of carbonyl (C=O) groups is 2. The van der Waals surface area contributed by atoms with Crippen LogP contribution in [0.1, 0.15) is 11.1 Å². The molecule has 0 bridgehead atoms. The molecule has 0 aliphatic rings. The van der Waals surface area contributed by atoms with Crippen molar-refractivity contribution in [1.29, 1.82) is 0 Å². The summed E-state index contributed by atoms with van der Waals surface area (Å²) in [5.41, 5.74) is 1.82. The van der Waals surface area contributed by atoms with Crippen molar-refractivity contribution < 1.29 is 27.8 Å². The fourth-order valence-electron chi connectivity index (χ4n) is 2.12. The van der Waals surface area contributed by atoms with E-state index >= 15 is 0 Å². The van der Waals surface area contributed by atoms with Crippen molar-refractivity contribution in [1.82, 2.24) is 0 Å². The molecule has 0 atom stereocenters. The number of para-hydroxylation sites is 1. The molecule has 0 fully saturated rings. The molecule has 0 heterocycles. The van der Waals surface area contributed by atoms with Crippen LogP contribution in [-0.4, -0.2) is 25.1 Å². The van der Waals surface area contributed by atoms with Gasteiger partial charge in [0.05, 0.1) is 0 Å². The first kappa shape index (κ1) is 18.4. The number of halogens is 2. The summed E-state index contributed by atoms with van der Waals surface area (Å²) in [4.78, 5) is 23.3. The van der Waals surface area contributed by atoms with Gasteiger partial charge in [0.15, 0.2) is 24.8 Å². The number of anilines is 1. The quantitative estimate of drug-likeness (QED) is 0.814. The molecule has 0 spiro atoms. The lowest BCUT2D eigenvalue weighted by atomic mass is 10.1. The number of amides is 1. The summed E-state index contributed by atoms with van der Waals surface area (Å²) >= 11 is 0. The second-order valence-electron chi connectivity index (χ2n) is 5.35. The molecule has 25 heavy (non-hydrogen) atoms. The van der Waals surface area contributed by atoms with E-state index in [1.54, 1.807) is 0 Å². The number of aryl methyl sites for hydroxylation is 2. The first-order valence-electron chi connectivity index (χ1n) is 7.46. The lowest BCUT2D eigenvalue weighted by molar-refractivity contribution is -0.149. The molecule has 5 nitrogen and oxygen atoms in total. The van der Waals surface area contributed by atoms with E-state index in [2.05, 4.69) is 5.32 Å². The highest BCUT2D eigenvalue weighted by Gasteiger charge is 2.11. The highest BCUT2D eigenvalue weighted by atomic mass is 19.2. The largest absolute Gasteiger partial charge is 0.481 e. The first-order chi connectivity index (χ1) is 11.9. The minimum Gasteiger partial charge on any atom is -0.481 e. The molecule has 2 aromatic carbocycles. The van der Waals surface area contributed by atoms with E-state index < -0.39 is 30.1 Å². The maximum absolute atomic E-state index is 13.0. The first-order valence-corrected chi connectivity index (χ1v) is 7.46. The van der Waals surface area contributed by atoms with Crippen LogP contribution in [0.5, 0.6) is 5.75 Å². The third kappa shape index (κ3) is 5.27. The van der Waals surface area contributed by atoms with Crippen molar-refractivity contribution in [3.05, 3.63) is 59.2 Å². The molecular formula is C18H17F2NO4. The topological polar surface area (TPSA) is 64.6 Å². The van der Waals surface area contributed by atoms with Crippen molar-refractivity contribution in [3.63, 3.8) is 0 Å². The monoisotopic (exact) mass is 349 g/mol. The number of carbonyl (C=O) groups excluding carboxylic acids is 2. The number of benzene rings is 2. The summed E-state index contributed by atoms with van der Waals surface area (Å²) in [6.07, 6.45) is 0. The fraction of sp³-hybridized carbons (Fsp3) is 0.222. The second kappa shape index (κ2) is 8.23. The second-order valence-corrected chi connectivity index (χ2v) is 5.35. The van der Waals surface area contributed by atoms with E-state index in [1.807, 2.05) is 32.0 Å². The van der Waals surface area contributed by atoms with Gasteiger partial charge in [0, 0.05) is 11.8 Å². The van der Waals surface area contributed by atoms with Gasteiger partial charge in [-0.1, -0.05) is 18.2 Å². The zero-order valence-corrected chi connectivity index (χ0v) is 13.8. The molecule has 132 valence electrons. The molecule has 0 aliphatic heterocycles. The van der Waals surface area contributed by atoms with Gasteiger partial charge in [-0.3, -0.25) is 4.79 Å². The van der Waals surface area contributed by atoms with Crippen LogP contribution in [0.15, 0.2) is 36.4 Å². The zero-order valence-electron chi connectivity index (χ0n) is 13.8. The van der Waals surface area contributed by atoms with Gasteiger partial charge in [0.2, 0.25) is 0 Å². The van der Waals surface area contributed by atoms with Crippen LogP contribution >= 0.6 is 0 Å². The van der Waals surface area contributed by atoms with E-state index in [4.69, 9.17) is 9.47 Å². The molecule has 2 aromatic rings. The predicted molar refractivity (Wildman–Crippen MR) is 87.4 cm³/mol. The lowest BCUT2D eigenvalue weighted by Gasteiger charge is -2.11. The molecule has 7 heteroatoms. The number of ether oxygens (including phenoxy) is 2. The van der Waals surface area contributed by atoms with Gasteiger partial charge in [-0.2, -0.15) is 0 Å². The summed E-state index contributed by atoms with van der Waals surface area (Å²) in [5, 5.41) is 2.29. The van der Waals surface area contributed by atoms with Gasteiger partial charge in [-0.25, -0.2) is 13.6 Å². The van der Waals surface area contributed by atoms with Crippen LogP contribution in [0.4, 0.5) is 14.5 Å². The third-order valence-electron chi connectivity index (χ3n) is 3.31. The predicted octanol–water partition coefficient (Wildman–Crippen LogP) is 3.14. The van der Waals surface area contributed by atoms with Crippen molar-refractivity contribution in [3.8, 4) is 5.75 Å². The smallest absolute Gasteiger partial charge is 0.344 e. The van der Waals surface area contributed by atoms with Gasteiger partial charge >= 0.3 is 5.97 Å². The molecule has 0 radical (unpaired) electrons. The van der Waals surface area contributed by atoms with Crippen molar-refractivity contribution in [2.45, 2.75) is 13.8 Å². The van der Waals surface area contributed by atoms with E-state index in [0.717, 1.165) is 23.3 Å². The highest BCUT2D eigenvalue weighted by molar-refractivity contribution is 5.92. The Bertz CT molecular complexity index is 772. The Labute approximate surface area is 143 Å². The maximum atomic E-state index is 13.0. The molecule has 0 aliphatic carbocycles. The van der Waals surface area contributed by atoms with Crippen molar-refractivity contribution in [2.75, 3.05) is 18.5 Å². The molecule has 1 N–H and O–H groups in total. The van der Waals surface area contributed by atoms with E-state index in [1.165, 1.54) is 6.07 Å². The number of hydrogen-bond acceptors (Lipinski definition) is 4. The summed E-state index contributed by atoms with van der Waals surface area (Å²) in [6, 6.07) is 8.49. The van der Waals surface area contributed by atoms with Gasteiger partial charge in [-0.15, -0.1) is 0 Å². The van der Waals surface area contributed by atoms with Gasteiger partial charge in [0.1, 0.15) is 5.75 Å². The molecule has 0 saturated heterocycles. The summed E-state index contributed by atoms with van der Waals surface area (Å²) in [6.45, 7) is 2.80. The molecular weight excluding hydrogens is 332 g/mol. The van der Waals surface area contributed by atoms with Gasteiger partial charge < -0.3 is 14.8 Å². The molecule has 0 unspecified atom stereocenters. The SMILES string of the molecule is Cc1cccc(C)c1OCC(=O)OCC(=O)Nc1ccc(F)c(F)c1. The van der Waals surface area contributed by atoms with Crippen LogP contribution in [0.3, 0.4) is 0 Å². The van der Waals surface area contributed by atoms with E-state index in [0.29, 0.717) is 5.75 Å². The Hall–Kier alpha value is -2.96. The number of nitrogens with one attached hydrogen (secondary N) is 1. The summed E-state index contributed by atoms with van der Waals surface area (Å²) in [5.74, 6) is -2.91. The summed E-state index contributed by atoms with van der Waals surface area (Å²) in [7, 11) is 0. The highest BCUT2D eigenvalue weighted by Crippen LogP contribution is 2.22. The van der Waals surface area contributed by atoms with Crippen molar-refractivity contribution in [2.24, 2.45) is 0 Å². The Morgan fingerprint density at radius 2 is 1.68 bits per heavy atom. The molecule has 0 aromatic heterocycles. The summed E-state index contributed by atoms with van der Waals surface area (Å²) < 4.78 is 36.0. The Balaban J connectivity index is 1.79. The third-order valence-corrected chi connectivity index (χ3v) is 3.31. The standard InChI is InChI=1S/C18H17F2NO4/c1-11-4-3-5-12(2)18(11)25-10-17(23)24-9-16(22)21-13-6-7-14(19)15(20)8-13/h3-8H,9-10H2,1-2H3,(H,21,22).